The molecule has 0 radical (unpaired) electrons. The number of nitrogens with zero attached hydrogens (tertiary/aromatic N) is 2. The van der Waals surface area contributed by atoms with Gasteiger partial charge in [-0.2, -0.15) is 0 Å². The molecule has 0 aromatic heterocycles. The van der Waals surface area contributed by atoms with Gasteiger partial charge in [-0.3, -0.25) is 4.99 Å². The lowest BCUT2D eigenvalue weighted by atomic mass is 10.4. The zero-order chi connectivity index (χ0) is 7.84. The summed E-state index contributed by atoms with van der Waals surface area (Å²) in [7, 11) is 0. The molecule has 2 heterocycles. The zero-order valence-corrected chi connectivity index (χ0v) is 7.14. The molecule has 0 bridgehead atoms. The second-order valence-corrected chi connectivity index (χ2v) is 3.71. The highest BCUT2D eigenvalue weighted by Crippen LogP contribution is 2.32. The van der Waals surface area contributed by atoms with Crippen molar-refractivity contribution in [2.24, 2.45) is 4.99 Å². The van der Waals surface area contributed by atoms with Gasteiger partial charge >= 0.3 is 0 Å². The van der Waals surface area contributed by atoms with E-state index >= 15 is 0 Å². The molecule has 0 aliphatic carbocycles. The molecule has 0 amide bonds. The molecule has 0 aromatic carbocycles. The van der Waals surface area contributed by atoms with E-state index in [-0.39, 0.29) is 6.10 Å². The first-order chi connectivity index (χ1) is 5.27. The van der Waals surface area contributed by atoms with Crippen LogP contribution in [0.4, 0.5) is 0 Å². The molecule has 1 N–H and O–H groups in total. The Morgan fingerprint density at radius 3 is 3.27 bits per heavy atom. The fourth-order valence-electron chi connectivity index (χ4n) is 1.13. The molecule has 3 nitrogen and oxygen atoms in total. The van der Waals surface area contributed by atoms with Crippen LogP contribution in [0.5, 0.6) is 0 Å². The van der Waals surface area contributed by atoms with E-state index in [9.17, 15) is 5.11 Å². The van der Waals surface area contributed by atoms with Crippen LogP contribution in [0.15, 0.2) is 16.1 Å². The second kappa shape index (κ2) is 2.53. The Morgan fingerprint density at radius 2 is 2.64 bits per heavy atom. The van der Waals surface area contributed by atoms with Crippen molar-refractivity contribution in [3.05, 3.63) is 11.1 Å². The van der Waals surface area contributed by atoms with Crippen LogP contribution in [0, 0.1) is 0 Å². The first kappa shape index (κ1) is 7.18. The van der Waals surface area contributed by atoms with Crippen molar-refractivity contribution in [3.8, 4) is 0 Å². The summed E-state index contributed by atoms with van der Waals surface area (Å²) >= 11 is 1.58. The topological polar surface area (TPSA) is 35.8 Å². The lowest BCUT2D eigenvalue weighted by Gasteiger charge is -2.04. The first-order valence-electron chi connectivity index (χ1n) is 3.66. The third-order valence-corrected chi connectivity index (χ3v) is 2.97. The van der Waals surface area contributed by atoms with Gasteiger partial charge in [0.2, 0.25) is 0 Å². The second-order valence-electron chi connectivity index (χ2n) is 2.67. The molecular formula is C7H10N2OS. The number of amidine groups is 1. The van der Waals surface area contributed by atoms with Gasteiger partial charge in [0, 0.05) is 17.6 Å². The van der Waals surface area contributed by atoms with E-state index in [1.54, 1.807) is 18.7 Å². The van der Waals surface area contributed by atoms with Crippen LogP contribution < -0.4 is 0 Å². The van der Waals surface area contributed by atoms with Crippen LogP contribution in [0.1, 0.15) is 6.92 Å². The van der Waals surface area contributed by atoms with E-state index < -0.39 is 0 Å². The summed E-state index contributed by atoms with van der Waals surface area (Å²) in [6.45, 7) is 3.64. The fraction of sp³-hybridized carbons (Fsp3) is 0.571. The van der Waals surface area contributed by atoms with Crippen molar-refractivity contribution in [2.75, 3.05) is 13.1 Å². The van der Waals surface area contributed by atoms with Crippen molar-refractivity contribution in [3.63, 3.8) is 0 Å². The largest absolute Gasteiger partial charge is 0.388 e. The van der Waals surface area contributed by atoms with Gasteiger partial charge in [0.15, 0.2) is 5.17 Å². The predicted octanol–water partition coefficient (Wildman–Crippen LogP) is 0.627. The normalized spacial score (nSPS) is 24.7. The quantitative estimate of drug-likeness (QED) is 0.627. The standard InChI is InChI=1S/C7H10N2OS/c1-5(10)6-4-9-3-2-8-7(9)11-6/h4-5,10H,2-3H2,1H3. The molecule has 2 aliphatic heterocycles. The minimum absolute atomic E-state index is 0.353. The number of thioether (sulfide) groups is 1. The predicted molar refractivity (Wildman–Crippen MR) is 46.4 cm³/mol. The average molecular weight is 170 g/mol. The van der Waals surface area contributed by atoms with Crippen LogP contribution in [0.2, 0.25) is 0 Å². The third-order valence-electron chi connectivity index (χ3n) is 1.74. The van der Waals surface area contributed by atoms with Crippen molar-refractivity contribution in [2.45, 2.75) is 13.0 Å². The summed E-state index contributed by atoms with van der Waals surface area (Å²) in [5.41, 5.74) is 0. The maximum atomic E-state index is 9.24. The molecule has 11 heavy (non-hydrogen) atoms. The summed E-state index contributed by atoms with van der Waals surface area (Å²) in [5.74, 6) is 0. The number of aliphatic hydroxyl groups is 1. The van der Waals surface area contributed by atoms with Gasteiger partial charge in [-0.15, -0.1) is 0 Å². The van der Waals surface area contributed by atoms with Crippen molar-refractivity contribution >= 4 is 16.9 Å². The average Bonchev–Trinajstić information content (AvgIpc) is 2.40. The molecular weight excluding hydrogens is 160 g/mol. The molecule has 1 unspecified atom stereocenters. The summed E-state index contributed by atoms with van der Waals surface area (Å²) in [6, 6.07) is 0. The Balaban J connectivity index is 2.15. The number of fused-ring (bicyclic) bond motifs is 1. The molecule has 2 rings (SSSR count). The summed E-state index contributed by atoms with van der Waals surface area (Å²) in [4.78, 5) is 7.37. The number of rotatable bonds is 1. The smallest absolute Gasteiger partial charge is 0.168 e. The minimum Gasteiger partial charge on any atom is -0.388 e. The third kappa shape index (κ3) is 1.16. The molecule has 0 aromatic rings. The Morgan fingerprint density at radius 1 is 1.82 bits per heavy atom. The van der Waals surface area contributed by atoms with E-state index in [0.717, 1.165) is 23.2 Å². The maximum Gasteiger partial charge on any atom is 0.168 e. The maximum absolute atomic E-state index is 9.24. The van der Waals surface area contributed by atoms with Crippen LogP contribution >= 0.6 is 11.8 Å². The Bertz CT molecular complexity index is 235. The van der Waals surface area contributed by atoms with Crippen molar-refractivity contribution in [1.82, 2.24) is 4.90 Å². The van der Waals surface area contributed by atoms with E-state index in [0.29, 0.717) is 0 Å². The number of hydrogen-bond donors (Lipinski definition) is 1. The van der Waals surface area contributed by atoms with Crippen LogP contribution in [-0.2, 0) is 0 Å². The molecule has 2 aliphatic rings. The SMILES string of the molecule is CC(O)C1=CN2CCN=C2S1. The highest BCUT2D eigenvalue weighted by atomic mass is 32.2. The van der Waals surface area contributed by atoms with E-state index in [2.05, 4.69) is 9.89 Å². The molecule has 0 fully saturated rings. The van der Waals surface area contributed by atoms with Crippen LogP contribution in [0.25, 0.3) is 0 Å². The highest BCUT2D eigenvalue weighted by Gasteiger charge is 2.25. The minimum atomic E-state index is -0.353. The molecule has 0 saturated heterocycles. The fourth-order valence-corrected chi connectivity index (χ4v) is 2.11. The van der Waals surface area contributed by atoms with Crippen molar-refractivity contribution in [1.29, 1.82) is 0 Å². The zero-order valence-electron chi connectivity index (χ0n) is 6.32. The Hall–Kier alpha value is -0.480. The highest BCUT2D eigenvalue weighted by molar-refractivity contribution is 8.17. The first-order valence-corrected chi connectivity index (χ1v) is 4.48. The lowest BCUT2D eigenvalue weighted by molar-refractivity contribution is 0.239. The molecule has 0 saturated carbocycles. The molecule has 1 atom stereocenters. The van der Waals surface area contributed by atoms with Gasteiger partial charge in [-0.05, 0) is 6.92 Å². The Labute approximate surface area is 69.8 Å². The number of aliphatic hydroxyl groups excluding tert-OH is 1. The van der Waals surface area contributed by atoms with Gasteiger partial charge in [0.05, 0.1) is 12.6 Å². The van der Waals surface area contributed by atoms with Crippen LogP contribution in [0.3, 0.4) is 0 Å². The van der Waals surface area contributed by atoms with E-state index in [4.69, 9.17) is 0 Å². The van der Waals surface area contributed by atoms with E-state index in [1.165, 1.54) is 0 Å². The summed E-state index contributed by atoms with van der Waals surface area (Å²) in [5, 5.41) is 10.3. The molecule has 60 valence electrons. The van der Waals surface area contributed by atoms with Gasteiger partial charge in [0.1, 0.15) is 0 Å². The van der Waals surface area contributed by atoms with E-state index in [1.807, 2.05) is 6.20 Å². The Kier molecular flexibility index (Phi) is 1.65. The van der Waals surface area contributed by atoms with Gasteiger partial charge in [0.25, 0.3) is 0 Å². The van der Waals surface area contributed by atoms with Gasteiger partial charge in [-0.25, -0.2) is 0 Å². The summed E-state index contributed by atoms with van der Waals surface area (Å²) < 4.78 is 0. The molecule has 0 spiro atoms. The van der Waals surface area contributed by atoms with Crippen LogP contribution in [-0.4, -0.2) is 34.4 Å². The van der Waals surface area contributed by atoms with Gasteiger partial charge < -0.3 is 10.0 Å². The van der Waals surface area contributed by atoms with Crippen molar-refractivity contribution < 1.29 is 5.11 Å². The lowest BCUT2D eigenvalue weighted by Crippen LogP contribution is -2.14. The number of hydrogen-bond acceptors (Lipinski definition) is 4. The molecule has 4 heteroatoms. The number of aliphatic imine (C=N–C) groups is 1. The summed E-state index contributed by atoms with van der Waals surface area (Å²) in [6.07, 6.45) is 1.63. The monoisotopic (exact) mass is 170 g/mol. The van der Waals surface area contributed by atoms with Gasteiger partial charge in [-0.1, -0.05) is 11.8 Å².